The molecule has 0 atom stereocenters. The van der Waals surface area contributed by atoms with E-state index < -0.39 is 5.82 Å². The maximum atomic E-state index is 13.0. The molecule has 4 nitrogen and oxygen atoms in total. The molecule has 0 unspecified atom stereocenters. The Morgan fingerprint density at radius 1 is 1.29 bits per heavy atom. The molecule has 0 saturated carbocycles. The van der Waals surface area contributed by atoms with Crippen molar-refractivity contribution in [1.82, 2.24) is 10.2 Å². The molecule has 1 aliphatic rings. The van der Waals surface area contributed by atoms with Crippen LogP contribution in [0.3, 0.4) is 0 Å². The number of unbranched alkanes of at least 4 members (excludes halogenated alkanes) is 1. The fourth-order valence-electron chi connectivity index (χ4n) is 2.42. The molecule has 2 N–H and O–H groups in total. The number of benzene rings is 1. The predicted octanol–water partition coefficient (Wildman–Crippen LogP) is 3.48. The zero-order chi connectivity index (χ0) is 15.1. The van der Waals surface area contributed by atoms with Crippen LogP contribution in [0.5, 0.6) is 0 Å². The van der Waals surface area contributed by atoms with Crippen molar-refractivity contribution in [2.75, 3.05) is 31.5 Å². The summed E-state index contributed by atoms with van der Waals surface area (Å²) in [6, 6.07) is 3.81. The van der Waals surface area contributed by atoms with Gasteiger partial charge in [0, 0.05) is 12.2 Å². The summed E-state index contributed by atoms with van der Waals surface area (Å²) in [5.74, 6) is -0.496. The van der Waals surface area contributed by atoms with Crippen LogP contribution in [0.2, 0.25) is 5.02 Å². The Kier molecular flexibility index (Phi) is 6.26. The van der Waals surface area contributed by atoms with E-state index in [9.17, 15) is 9.18 Å². The first-order valence-electron chi connectivity index (χ1n) is 7.37. The van der Waals surface area contributed by atoms with Crippen molar-refractivity contribution in [3.8, 4) is 0 Å². The van der Waals surface area contributed by atoms with Crippen LogP contribution < -0.4 is 10.6 Å². The molecule has 116 valence electrons. The average molecular weight is 314 g/mol. The van der Waals surface area contributed by atoms with Crippen molar-refractivity contribution in [3.63, 3.8) is 0 Å². The molecule has 0 bridgehead atoms. The molecule has 1 aromatic carbocycles. The van der Waals surface area contributed by atoms with Gasteiger partial charge in [-0.3, -0.25) is 0 Å². The summed E-state index contributed by atoms with van der Waals surface area (Å²) < 4.78 is 13.0. The second kappa shape index (κ2) is 8.20. The molecular weight excluding hydrogens is 293 g/mol. The highest BCUT2D eigenvalue weighted by molar-refractivity contribution is 6.31. The van der Waals surface area contributed by atoms with Crippen LogP contribution >= 0.6 is 11.6 Å². The number of hydrogen-bond donors (Lipinski definition) is 2. The third-order valence-corrected chi connectivity index (χ3v) is 3.85. The fraction of sp³-hybridized carbons (Fsp3) is 0.533. The lowest BCUT2D eigenvalue weighted by Gasteiger charge is -2.14. The minimum atomic E-state index is -0.496. The summed E-state index contributed by atoms with van der Waals surface area (Å²) in [5.41, 5.74) is 0.482. The number of amides is 2. The average Bonchev–Trinajstić information content (AvgIpc) is 2.96. The summed E-state index contributed by atoms with van der Waals surface area (Å²) in [5, 5.41) is 5.41. The van der Waals surface area contributed by atoms with Crippen molar-refractivity contribution >= 4 is 23.3 Å². The van der Waals surface area contributed by atoms with E-state index in [1.807, 2.05) is 0 Å². The van der Waals surface area contributed by atoms with Gasteiger partial charge in [0.25, 0.3) is 0 Å². The highest BCUT2D eigenvalue weighted by Crippen LogP contribution is 2.19. The van der Waals surface area contributed by atoms with Gasteiger partial charge in [-0.05, 0) is 63.5 Å². The van der Waals surface area contributed by atoms with Crippen LogP contribution in [0, 0.1) is 5.82 Å². The SMILES string of the molecule is O=C(NCCCCN1CCCC1)Nc1ccc(F)c(Cl)c1. The summed E-state index contributed by atoms with van der Waals surface area (Å²) in [7, 11) is 0. The molecular formula is C15H21ClFN3O. The van der Waals surface area contributed by atoms with Gasteiger partial charge < -0.3 is 15.5 Å². The monoisotopic (exact) mass is 313 g/mol. The second-order valence-electron chi connectivity index (χ2n) is 5.27. The molecule has 1 aromatic rings. The Morgan fingerprint density at radius 3 is 2.76 bits per heavy atom. The van der Waals surface area contributed by atoms with Crippen LogP contribution in [0.15, 0.2) is 18.2 Å². The summed E-state index contributed by atoms with van der Waals surface area (Å²) in [6.45, 7) is 4.16. The molecule has 0 spiro atoms. The number of hydrogen-bond acceptors (Lipinski definition) is 2. The molecule has 2 amide bonds. The standard InChI is InChI=1S/C15H21ClFN3O/c16-13-11-12(5-6-14(13)17)19-15(21)18-7-1-2-8-20-9-3-4-10-20/h5-6,11H,1-4,7-10H2,(H2,18,19,21). The molecule has 0 radical (unpaired) electrons. The number of carbonyl (C=O) groups excluding carboxylic acids is 1. The lowest BCUT2D eigenvalue weighted by Crippen LogP contribution is -2.30. The van der Waals surface area contributed by atoms with Crippen LogP contribution in [0.1, 0.15) is 25.7 Å². The Balaban J connectivity index is 1.59. The molecule has 1 heterocycles. The van der Waals surface area contributed by atoms with Crippen LogP contribution in [-0.4, -0.2) is 37.1 Å². The van der Waals surface area contributed by atoms with Crippen LogP contribution in [0.25, 0.3) is 0 Å². The largest absolute Gasteiger partial charge is 0.338 e. The van der Waals surface area contributed by atoms with Crippen molar-refractivity contribution in [2.45, 2.75) is 25.7 Å². The number of carbonyl (C=O) groups is 1. The zero-order valence-corrected chi connectivity index (χ0v) is 12.8. The molecule has 1 fully saturated rings. The van der Waals surface area contributed by atoms with E-state index in [1.54, 1.807) is 0 Å². The van der Waals surface area contributed by atoms with Crippen molar-refractivity contribution in [2.24, 2.45) is 0 Å². The molecule has 1 saturated heterocycles. The number of likely N-dealkylation sites (tertiary alicyclic amines) is 1. The van der Waals surface area contributed by atoms with Gasteiger partial charge in [-0.15, -0.1) is 0 Å². The number of anilines is 1. The van der Waals surface area contributed by atoms with Crippen molar-refractivity contribution in [1.29, 1.82) is 0 Å². The number of urea groups is 1. The Hall–Kier alpha value is -1.33. The highest BCUT2D eigenvalue weighted by atomic mass is 35.5. The summed E-state index contributed by atoms with van der Waals surface area (Å²) in [6.07, 6.45) is 4.65. The maximum Gasteiger partial charge on any atom is 0.319 e. The van der Waals surface area contributed by atoms with Crippen LogP contribution in [0.4, 0.5) is 14.9 Å². The van der Waals surface area contributed by atoms with Crippen molar-refractivity contribution < 1.29 is 9.18 Å². The third-order valence-electron chi connectivity index (χ3n) is 3.56. The lowest BCUT2D eigenvalue weighted by atomic mass is 10.3. The van der Waals surface area contributed by atoms with Crippen molar-refractivity contribution in [3.05, 3.63) is 29.0 Å². The molecule has 21 heavy (non-hydrogen) atoms. The quantitative estimate of drug-likeness (QED) is 0.790. The first-order chi connectivity index (χ1) is 10.1. The summed E-state index contributed by atoms with van der Waals surface area (Å²) in [4.78, 5) is 14.1. The summed E-state index contributed by atoms with van der Waals surface area (Å²) >= 11 is 5.65. The molecule has 0 aliphatic carbocycles. The van der Waals surface area contributed by atoms with Gasteiger partial charge in [0.2, 0.25) is 0 Å². The van der Waals surface area contributed by atoms with Gasteiger partial charge in [-0.2, -0.15) is 0 Å². The van der Waals surface area contributed by atoms with Gasteiger partial charge in [0.15, 0.2) is 0 Å². The molecule has 2 rings (SSSR count). The minimum Gasteiger partial charge on any atom is -0.338 e. The Labute approximate surface area is 129 Å². The Bertz CT molecular complexity index is 478. The predicted molar refractivity (Wildman–Crippen MR) is 83.3 cm³/mol. The van der Waals surface area contributed by atoms with Gasteiger partial charge in [0.05, 0.1) is 5.02 Å². The van der Waals surface area contributed by atoms with E-state index in [1.165, 1.54) is 44.1 Å². The van der Waals surface area contributed by atoms with Crippen LogP contribution in [-0.2, 0) is 0 Å². The second-order valence-corrected chi connectivity index (χ2v) is 5.67. The van der Waals surface area contributed by atoms with E-state index in [0.717, 1.165) is 19.4 Å². The van der Waals surface area contributed by atoms with Gasteiger partial charge >= 0.3 is 6.03 Å². The zero-order valence-electron chi connectivity index (χ0n) is 12.0. The minimum absolute atomic E-state index is 0.00147. The number of nitrogens with zero attached hydrogens (tertiary/aromatic N) is 1. The number of rotatable bonds is 6. The molecule has 0 aromatic heterocycles. The number of nitrogens with one attached hydrogen (secondary N) is 2. The van der Waals surface area contributed by atoms with E-state index >= 15 is 0 Å². The van der Waals surface area contributed by atoms with E-state index in [0.29, 0.717) is 12.2 Å². The maximum absolute atomic E-state index is 13.0. The van der Waals surface area contributed by atoms with E-state index in [2.05, 4.69) is 15.5 Å². The van der Waals surface area contributed by atoms with Gasteiger partial charge in [0.1, 0.15) is 5.82 Å². The number of halogens is 2. The van der Waals surface area contributed by atoms with E-state index in [-0.39, 0.29) is 11.1 Å². The Morgan fingerprint density at radius 2 is 2.05 bits per heavy atom. The topological polar surface area (TPSA) is 44.4 Å². The highest BCUT2D eigenvalue weighted by Gasteiger charge is 2.10. The third kappa shape index (κ3) is 5.52. The van der Waals surface area contributed by atoms with E-state index in [4.69, 9.17) is 11.6 Å². The fourth-order valence-corrected chi connectivity index (χ4v) is 2.60. The van der Waals surface area contributed by atoms with Gasteiger partial charge in [-0.1, -0.05) is 11.6 Å². The molecule has 1 aliphatic heterocycles. The smallest absolute Gasteiger partial charge is 0.319 e. The lowest BCUT2D eigenvalue weighted by molar-refractivity contribution is 0.251. The first kappa shape index (κ1) is 16.0. The first-order valence-corrected chi connectivity index (χ1v) is 7.75. The van der Waals surface area contributed by atoms with Gasteiger partial charge in [-0.25, -0.2) is 9.18 Å². The molecule has 6 heteroatoms. The normalized spacial score (nSPS) is 15.1.